The van der Waals surface area contributed by atoms with E-state index in [0.717, 1.165) is 0 Å². The molecular weight excluding hydrogens is 556 g/mol. The molecule has 0 aliphatic carbocycles. The normalized spacial score (nSPS) is 11.9. The van der Waals surface area contributed by atoms with Crippen molar-refractivity contribution in [3.63, 3.8) is 0 Å². The maximum Gasteiger partial charge on any atom is 0.297 e. The van der Waals surface area contributed by atoms with Gasteiger partial charge in [0, 0.05) is 32.1 Å². The van der Waals surface area contributed by atoms with Crippen LogP contribution in [0.4, 0.5) is 11.5 Å². The average molecular weight is 599 g/mol. The molecule has 11 heteroatoms. The molecule has 42 heavy (non-hydrogen) atoms. The number of nitrogens with zero attached hydrogens (tertiary/aromatic N) is 4. The molecule has 0 unspecified atom stereocenters. The lowest BCUT2D eigenvalue weighted by Gasteiger charge is -2.42. The second kappa shape index (κ2) is 13.0. The summed E-state index contributed by atoms with van der Waals surface area (Å²) in [5.41, 5.74) is -0.277. The van der Waals surface area contributed by atoms with E-state index in [1.165, 1.54) is 0 Å². The molecule has 2 N–H and O–H groups in total. The van der Waals surface area contributed by atoms with Gasteiger partial charge in [-0.1, -0.05) is 43.6 Å². The Labute approximate surface area is 253 Å². The van der Waals surface area contributed by atoms with Gasteiger partial charge in [0.15, 0.2) is 11.5 Å². The van der Waals surface area contributed by atoms with Gasteiger partial charge in [-0.25, -0.2) is 4.68 Å². The number of hydrogen-bond donors (Lipinski definition) is 2. The van der Waals surface area contributed by atoms with Gasteiger partial charge < -0.3 is 20.3 Å². The highest BCUT2D eigenvalue weighted by Gasteiger charge is 2.34. The molecule has 3 rings (SSSR count). The van der Waals surface area contributed by atoms with Crippen LogP contribution in [0.15, 0.2) is 53.3 Å². The lowest BCUT2D eigenvalue weighted by Crippen LogP contribution is -2.53. The van der Waals surface area contributed by atoms with Gasteiger partial charge in [0.25, 0.3) is 11.5 Å². The van der Waals surface area contributed by atoms with Gasteiger partial charge in [0.1, 0.15) is 5.75 Å². The number of halogens is 1. The second-order valence-electron chi connectivity index (χ2n) is 11.8. The van der Waals surface area contributed by atoms with Gasteiger partial charge in [-0.05, 0) is 70.6 Å². The minimum absolute atomic E-state index is 0.0566. The Hall–Kier alpha value is -3.76. The first-order valence-electron chi connectivity index (χ1n) is 13.9. The topological polar surface area (TPSA) is 101 Å². The smallest absolute Gasteiger partial charge is 0.297 e. The highest BCUT2D eigenvalue weighted by molar-refractivity contribution is 6.31. The maximum atomic E-state index is 13.8. The van der Waals surface area contributed by atoms with Crippen LogP contribution < -0.4 is 25.8 Å². The van der Waals surface area contributed by atoms with E-state index in [9.17, 15) is 14.4 Å². The molecule has 1 heterocycles. The number of carbonyl (C=O) groups excluding carboxylic acids is 2. The fourth-order valence-corrected chi connectivity index (χ4v) is 4.74. The summed E-state index contributed by atoms with van der Waals surface area (Å²) in [5, 5.41) is 6.23. The highest BCUT2D eigenvalue weighted by Crippen LogP contribution is 2.31. The average Bonchev–Trinajstić information content (AvgIpc) is 3.16. The molecule has 0 aliphatic heterocycles. The number of para-hydroxylation sites is 1. The van der Waals surface area contributed by atoms with E-state index >= 15 is 0 Å². The van der Waals surface area contributed by atoms with Crippen LogP contribution >= 0.6 is 11.6 Å². The van der Waals surface area contributed by atoms with Gasteiger partial charge in [-0.3, -0.25) is 24.0 Å². The van der Waals surface area contributed by atoms with Gasteiger partial charge in [0.05, 0.1) is 23.5 Å². The number of ether oxygens (including phenoxy) is 1. The molecule has 2 aromatic carbocycles. The van der Waals surface area contributed by atoms with E-state index in [1.807, 2.05) is 95.9 Å². The molecule has 10 nitrogen and oxygen atoms in total. The second-order valence-corrected chi connectivity index (χ2v) is 12.2. The van der Waals surface area contributed by atoms with Crippen LogP contribution in [0, 0.1) is 5.41 Å². The van der Waals surface area contributed by atoms with Crippen LogP contribution in [0.3, 0.4) is 0 Å². The number of aromatic nitrogens is 2. The van der Waals surface area contributed by atoms with Gasteiger partial charge in [0.2, 0.25) is 5.91 Å². The first-order valence-corrected chi connectivity index (χ1v) is 14.3. The summed E-state index contributed by atoms with van der Waals surface area (Å²) >= 11 is 6.12. The zero-order valence-electron chi connectivity index (χ0n) is 26.0. The third-order valence-corrected chi connectivity index (χ3v) is 7.82. The van der Waals surface area contributed by atoms with Crippen LogP contribution in [-0.4, -0.2) is 66.0 Å². The summed E-state index contributed by atoms with van der Waals surface area (Å²) in [7, 11) is 7.61. The van der Waals surface area contributed by atoms with Gasteiger partial charge >= 0.3 is 0 Å². The Morgan fingerprint density at radius 1 is 1.02 bits per heavy atom. The number of amides is 2. The van der Waals surface area contributed by atoms with Crippen molar-refractivity contribution in [3.05, 3.63) is 69.5 Å². The van der Waals surface area contributed by atoms with E-state index in [0.29, 0.717) is 34.4 Å². The highest BCUT2D eigenvalue weighted by atomic mass is 35.5. The Morgan fingerprint density at radius 3 is 2.26 bits per heavy atom. The third-order valence-electron chi connectivity index (χ3n) is 7.59. The predicted molar refractivity (Wildman–Crippen MR) is 169 cm³/mol. The standard InChI is InChI=1S/C31H43ClN6O4/c1-10-42-24-17-16-21(32)18-23(24)27(40)33-20-30(2,3)19-25(39)34-26-28(36(8)31(4,5)35(6)7)37(9)38(29(26)41)22-14-12-11-13-15-22/h11-18H,10,19-20H2,1-9H3,(H,33,40)(H,34,39). The number of carbonyl (C=O) groups is 2. The molecule has 0 saturated carbocycles. The number of rotatable bonds is 12. The molecule has 0 saturated heterocycles. The molecule has 0 fully saturated rings. The largest absolute Gasteiger partial charge is 0.493 e. The summed E-state index contributed by atoms with van der Waals surface area (Å²) < 4.78 is 8.87. The number of benzene rings is 2. The predicted octanol–water partition coefficient (Wildman–Crippen LogP) is 4.75. The van der Waals surface area contributed by atoms with Crippen molar-refractivity contribution in [1.82, 2.24) is 19.6 Å². The number of anilines is 2. The Bertz CT molecular complexity index is 1480. The van der Waals surface area contributed by atoms with Crippen LogP contribution in [0.5, 0.6) is 5.75 Å². The Balaban J connectivity index is 1.87. The summed E-state index contributed by atoms with van der Waals surface area (Å²) in [6.45, 7) is 10.3. The van der Waals surface area contributed by atoms with Gasteiger partial charge in [-0.2, -0.15) is 0 Å². The summed E-state index contributed by atoms with van der Waals surface area (Å²) in [6, 6.07) is 14.2. The fourth-order valence-electron chi connectivity index (χ4n) is 4.56. The minimum atomic E-state index is -0.633. The third kappa shape index (κ3) is 7.17. The van der Waals surface area contributed by atoms with Crippen LogP contribution in [0.1, 0.15) is 51.4 Å². The minimum Gasteiger partial charge on any atom is -0.493 e. The molecule has 228 valence electrons. The van der Waals surface area contributed by atoms with Crippen LogP contribution in [-0.2, 0) is 11.8 Å². The quantitative estimate of drug-likeness (QED) is 0.292. The summed E-state index contributed by atoms with van der Waals surface area (Å²) in [5.74, 6) is 0.308. The molecule has 1 aromatic heterocycles. The van der Waals surface area contributed by atoms with E-state index < -0.39 is 11.1 Å². The molecule has 0 bridgehead atoms. The van der Waals surface area contributed by atoms with Crippen molar-refractivity contribution in [1.29, 1.82) is 0 Å². The van der Waals surface area contributed by atoms with Crippen molar-refractivity contribution in [2.24, 2.45) is 12.5 Å². The van der Waals surface area contributed by atoms with E-state index in [-0.39, 0.29) is 36.0 Å². The molecule has 0 radical (unpaired) electrons. The number of hydrogen-bond acceptors (Lipinski definition) is 6. The monoisotopic (exact) mass is 598 g/mol. The Morgan fingerprint density at radius 2 is 1.67 bits per heavy atom. The summed E-state index contributed by atoms with van der Waals surface area (Å²) in [4.78, 5) is 44.3. The van der Waals surface area contributed by atoms with Crippen molar-refractivity contribution in [3.8, 4) is 11.4 Å². The van der Waals surface area contributed by atoms with Crippen molar-refractivity contribution in [2.75, 3.05) is 44.5 Å². The lowest BCUT2D eigenvalue weighted by atomic mass is 9.88. The van der Waals surface area contributed by atoms with Crippen LogP contribution in [0.25, 0.3) is 5.69 Å². The lowest BCUT2D eigenvalue weighted by molar-refractivity contribution is -0.118. The fraction of sp³-hybridized carbons (Fsp3) is 0.452. The zero-order valence-corrected chi connectivity index (χ0v) is 26.8. The van der Waals surface area contributed by atoms with E-state index in [2.05, 4.69) is 10.6 Å². The van der Waals surface area contributed by atoms with Crippen molar-refractivity contribution >= 4 is 34.9 Å². The Kier molecular flexibility index (Phi) is 10.2. The summed E-state index contributed by atoms with van der Waals surface area (Å²) in [6.07, 6.45) is 0.0566. The SMILES string of the molecule is CCOc1ccc(Cl)cc1C(=O)NCC(C)(C)CC(=O)Nc1c(N(C)C(C)(C)N(C)C)n(C)n(-c2ccccc2)c1=O. The molecular formula is C31H43ClN6O4. The number of nitrogens with one attached hydrogen (secondary N) is 2. The zero-order chi connectivity index (χ0) is 31.4. The van der Waals surface area contributed by atoms with E-state index in [1.54, 1.807) is 34.6 Å². The van der Waals surface area contributed by atoms with Gasteiger partial charge in [-0.15, -0.1) is 0 Å². The molecule has 2 amide bonds. The van der Waals surface area contributed by atoms with Crippen molar-refractivity contribution in [2.45, 2.75) is 46.7 Å². The first-order chi connectivity index (χ1) is 19.6. The maximum absolute atomic E-state index is 13.8. The van der Waals surface area contributed by atoms with Crippen LogP contribution in [0.2, 0.25) is 5.02 Å². The van der Waals surface area contributed by atoms with Crippen molar-refractivity contribution < 1.29 is 14.3 Å². The molecule has 3 aromatic rings. The van der Waals surface area contributed by atoms with E-state index in [4.69, 9.17) is 16.3 Å². The molecule has 0 spiro atoms. The molecule has 0 atom stereocenters. The first kappa shape index (κ1) is 32.8. The molecule has 0 aliphatic rings.